The number of nitrogens with two attached hydrogens (primary N) is 1. The maximum Gasteiger partial charge on any atom is 0.211 e. The van der Waals surface area contributed by atoms with Crippen LogP contribution in [0.25, 0.3) is 0 Å². The lowest BCUT2D eigenvalue weighted by Gasteiger charge is -2.32. The van der Waals surface area contributed by atoms with Gasteiger partial charge in [-0.25, -0.2) is 14.3 Å². The number of aromatic nitrogens is 2. The van der Waals surface area contributed by atoms with Crippen LogP contribution in [-0.4, -0.2) is 76.9 Å². The van der Waals surface area contributed by atoms with Crippen LogP contribution in [0.1, 0.15) is 11.1 Å². The first-order valence-corrected chi connectivity index (χ1v) is 12.8. The number of anilines is 4. The van der Waals surface area contributed by atoms with Crippen molar-refractivity contribution in [3.8, 4) is 5.75 Å². The van der Waals surface area contributed by atoms with Crippen LogP contribution in [0.4, 0.5) is 23.0 Å². The molecule has 0 spiro atoms. The van der Waals surface area contributed by atoms with Crippen LogP contribution in [0.2, 0.25) is 0 Å². The fourth-order valence-corrected chi connectivity index (χ4v) is 4.41. The smallest absolute Gasteiger partial charge is 0.211 e. The third kappa shape index (κ3) is 6.51. The largest absolute Gasteiger partial charge is 0.492 e. The third-order valence-corrected chi connectivity index (χ3v) is 6.79. The van der Waals surface area contributed by atoms with Gasteiger partial charge in [0.25, 0.3) is 0 Å². The molecule has 1 aromatic heterocycles. The monoisotopic (exact) mass is 506 g/mol. The molecule has 1 aliphatic heterocycles. The van der Waals surface area contributed by atoms with Gasteiger partial charge in [-0.2, -0.15) is 0 Å². The fourth-order valence-electron chi connectivity index (χ4n) is 3.89. The molecule has 36 heavy (non-hydrogen) atoms. The van der Waals surface area contributed by atoms with E-state index in [2.05, 4.69) is 36.1 Å². The second-order valence-electron chi connectivity index (χ2n) is 8.15. The van der Waals surface area contributed by atoms with Gasteiger partial charge >= 0.3 is 0 Å². The Bertz CT molecular complexity index is 1170. The van der Waals surface area contributed by atoms with Gasteiger partial charge < -0.3 is 21.1 Å². The minimum absolute atomic E-state index is 0.202. The molecule has 0 unspecified atom stereocenters. The lowest BCUT2D eigenvalue weighted by atomic mass is 10.0. The summed E-state index contributed by atoms with van der Waals surface area (Å²) in [5.74, 6) is 1.39. The van der Waals surface area contributed by atoms with Gasteiger partial charge in [0.2, 0.25) is 6.41 Å². The van der Waals surface area contributed by atoms with Gasteiger partial charge in [-0.15, -0.1) is 0 Å². The minimum Gasteiger partial charge on any atom is -0.492 e. The molecule has 0 radical (unpaired) electrons. The molecule has 3 aromatic rings. The number of piperazine rings is 1. The highest BCUT2D eigenvalue weighted by atomic mass is 32.2. The summed E-state index contributed by atoms with van der Waals surface area (Å²) in [6.07, 6.45) is 4.10. The molecule has 0 atom stereocenters. The second kappa shape index (κ2) is 12.3. The Morgan fingerprint density at radius 3 is 2.44 bits per heavy atom. The van der Waals surface area contributed by atoms with Gasteiger partial charge in [0.05, 0.1) is 11.3 Å². The molecule has 5 N–H and O–H groups in total. The van der Waals surface area contributed by atoms with Crippen LogP contribution >= 0.6 is 11.9 Å². The van der Waals surface area contributed by atoms with Crippen molar-refractivity contribution in [3.05, 3.63) is 66.0 Å². The number of hydrogen-bond acceptors (Lipinski definition) is 10. The zero-order chi connectivity index (χ0) is 25.3. The number of nitrogen functional groups attached to an aromatic ring is 1. The van der Waals surface area contributed by atoms with Crippen LogP contribution in [0.15, 0.2) is 54.9 Å². The fraction of sp³-hybridized carbons (Fsp3) is 0.280. The Kier molecular flexibility index (Phi) is 8.71. The summed E-state index contributed by atoms with van der Waals surface area (Å²) in [5.41, 5.74) is 8.83. The molecular formula is C25H30N8O2S. The normalized spacial score (nSPS) is 14.2. The van der Waals surface area contributed by atoms with E-state index in [1.807, 2.05) is 24.3 Å². The average Bonchev–Trinajstić information content (AvgIpc) is 2.90. The average molecular weight is 507 g/mol. The molecule has 1 fully saturated rings. The number of carbonyl (C=O) groups excluding carboxylic acids is 1. The summed E-state index contributed by atoms with van der Waals surface area (Å²) in [5, 5.41) is 14.6. The SMILES string of the molecule is CSN1CCN(CCOc2ccc(C(=N)c3c(N)ncnc3Nc3ccc(NC=O)cc3)cc2)CC1. The quantitative estimate of drug-likeness (QED) is 0.176. The number of carbonyl (C=O) groups is 1. The lowest BCUT2D eigenvalue weighted by molar-refractivity contribution is -0.105. The molecular weight excluding hydrogens is 476 g/mol. The summed E-state index contributed by atoms with van der Waals surface area (Å²) >= 11 is 1.80. The molecule has 1 amide bonds. The van der Waals surface area contributed by atoms with E-state index in [-0.39, 0.29) is 11.5 Å². The Balaban J connectivity index is 1.38. The van der Waals surface area contributed by atoms with Gasteiger partial charge in [-0.05, 0) is 54.8 Å². The molecule has 1 saturated heterocycles. The molecule has 188 valence electrons. The van der Waals surface area contributed by atoms with E-state index in [0.29, 0.717) is 35.6 Å². The highest BCUT2D eigenvalue weighted by Crippen LogP contribution is 2.26. The van der Waals surface area contributed by atoms with E-state index >= 15 is 0 Å². The van der Waals surface area contributed by atoms with Crippen molar-refractivity contribution in [2.45, 2.75) is 0 Å². The maximum atomic E-state index is 10.6. The molecule has 2 heterocycles. The van der Waals surface area contributed by atoms with Crippen molar-refractivity contribution in [1.29, 1.82) is 5.41 Å². The topological polar surface area (TPSA) is 132 Å². The molecule has 0 bridgehead atoms. The highest BCUT2D eigenvalue weighted by Gasteiger charge is 2.18. The lowest BCUT2D eigenvalue weighted by Crippen LogP contribution is -2.44. The minimum atomic E-state index is 0.202. The van der Waals surface area contributed by atoms with Gasteiger partial charge in [-0.3, -0.25) is 15.1 Å². The molecule has 11 heteroatoms. The van der Waals surface area contributed by atoms with E-state index < -0.39 is 0 Å². The number of nitrogens with one attached hydrogen (secondary N) is 3. The molecule has 4 rings (SSSR count). The van der Waals surface area contributed by atoms with Crippen LogP contribution in [0.5, 0.6) is 5.75 Å². The molecule has 0 saturated carbocycles. The summed E-state index contributed by atoms with van der Waals surface area (Å²) in [6.45, 7) is 5.76. The van der Waals surface area contributed by atoms with E-state index in [9.17, 15) is 4.79 Å². The Morgan fingerprint density at radius 2 is 1.78 bits per heavy atom. The van der Waals surface area contributed by atoms with Crippen molar-refractivity contribution in [2.24, 2.45) is 0 Å². The van der Waals surface area contributed by atoms with Crippen molar-refractivity contribution >= 4 is 47.1 Å². The van der Waals surface area contributed by atoms with E-state index in [1.54, 1.807) is 36.2 Å². The van der Waals surface area contributed by atoms with Crippen molar-refractivity contribution in [2.75, 3.05) is 62.0 Å². The first kappa shape index (κ1) is 25.4. The van der Waals surface area contributed by atoms with E-state index in [4.69, 9.17) is 15.9 Å². The highest BCUT2D eigenvalue weighted by molar-refractivity contribution is 7.96. The predicted molar refractivity (Wildman–Crippen MR) is 145 cm³/mol. The number of ether oxygens (including phenoxy) is 1. The van der Waals surface area contributed by atoms with Crippen LogP contribution in [-0.2, 0) is 4.79 Å². The summed E-state index contributed by atoms with van der Waals surface area (Å²) in [4.78, 5) is 21.4. The Hall–Kier alpha value is -3.67. The summed E-state index contributed by atoms with van der Waals surface area (Å²) < 4.78 is 8.31. The number of amides is 1. The molecule has 1 aliphatic rings. The van der Waals surface area contributed by atoms with Gasteiger partial charge in [-0.1, -0.05) is 11.9 Å². The van der Waals surface area contributed by atoms with E-state index in [1.165, 1.54) is 6.33 Å². The number of hydrogen-bond donors (Lipinski definition) is 4. The maximum absolute atomic E-state index is 10.6. The van der Waals surface area contributed by atoms with Crippen molar-refractivity contribution < 1.29 is 9.53 Å². The Labute approximate surface area is 214 Å². The first-order valence-electron chi connectivity index (χ1n) is 11.6. The number of benzene rings is 2. The standard InChI is InChI=1S/C25H30N8O2S/c1-36-33-12-10-32(11-13-33)14-15-35-21-8-2-18(3-9-21)23(26)22-24(27)28-16-29-25(22)31-20-6-4-19(5-7-20)30-17-34/h2-9,16-17,26H,10-15H2,1H3,(H,30,34)(H3,27,28,29,31). The van der Waals surface area contributed by atoms with Gasteiger partial charge in [0.15, 0.2) is 0 Å². The second-order valence-corrected chi connectivity index (χ2v) is 9.03. The molecule has 2 aromatic carbocycles. The number of nitrogens with zero attached hydrogens (tertiary/aromatic N) is 4. The predicted octanol–water partition coefficient (Wildman–Crippen LogP) is 3.06. The summed E-state index contributed by atoms with van der Waals surface area (Å²) in [7, 11) is 0. The van der Waals surface area contributed by atoms with Gasteiger partial charge in [0, 0.05) is 49.7 Å². The van der Waals surface area contributed by atoms with E-state index in [0.717, 1.165) is 44.2 Å². The zero-order valence-corrected chi connectivity index (χ0v) is 20.9. The number of rotatable bonds is 11. The van der Waals surface area contributed by atoms with Crippen LogP contribution in [0, 0.1) is 5.41 Å². The van der Waals surface area contributed by atoms with Crippen LogP contribution in [0.3, 0.4) is 0 Å². The van der Waals surface area contributed by atoms with Crippen molar-refractivity contribution in [1.82, 2.24) is 19.2 Å². The first-order chi connectivity index (χ1) is 17.6. The van der Waals surface area contributed by atoms with Crippen LogP contribution < -0.4 is 21.1 Å². The Morgan fingerprint density at radius 1 is 1.08 bits per heavy atom. The van der Waals surface area contributed by atoms with Crippen molar-refractivity contribution in [3.63, 3.8) is 0 Å². The third-order valence-electron chi connectivity index (χ3n) is 5.91. The zero-order valence-electron chi connectivity index (χ0n) is 20.1. The molecule has 0 aliphatic carbocycles. The summed E-state index contributed by atoms with van der Waals surface area (Å²) in [6, 6.07) is 14.5. The molecule has 10 nitrogen and oxygen atoms in total. The van der Waals surface area contributed by atoms with Gasteiger partial charge in [0.1, 0.15) is 30.3 Å².